The minimum Gasteiger partial charge on any atom is -0.291 e. The molecular formula is C19H14N6O3S. The van der Waals surface area contributed by atoms with Gasteiger partial charge >= 0.3 is 5.56 Å². The molecule has 0 saturated heterocycles. The van der Waals surface area contributed by atoms with Gasteiger partial charge in [0.15, 0.2) is 5.69 Å². The van der Waals surface area contributed by atoms with E-state index < -0.39 is 4.92 Å². The van der Waals surface area contributed by atoms with Crippen molar-refractivity contribution in [1.29, 1.82) is 0 Å². The third kappa shape index (κ3) is 3.73. The Morgan fingerprint density at radius 3 is 2.52 bits per heavy atom. The molecule has 4 aromatic rings. The van der Waals surface area contributed by atoms with Crippen LogP contribution in [0.3, 0.4) is 0 Å². The number of thiazole rings is 1. The molecule has 2 aromatic heterocycles. The van der Waals surface area contributed by atoms with Crippen LogP contribution in [0.25, 0.3) is 16.4 Å². The zero-order chi connectivity index (χ0) is 20.4. The van der Waals surface area contributed by atoms with Crippen LogP contribution in [0.15, 0.2) is 75.0 Å². The van der Waals surface area contributed by atoms with Crippen LogP contribution in [0, 0.1) is 17.0 Å². The van der Waals surface area contributed by atoms with Crippen molar-refractivity contribution in [1.82, 2.24) is 14.8 Å². The first-order valence-corrected chi connectivity index (χ1v) is 9.40. The van der Waals surface area contributed by atoms with Crippen LogP contribution in [0.5, 0.6) is 0 Å². The van der Waals surface area contributed by atoms with Gasteiger partial charge in [-0.2, -0.15) is 9.80 Å². The molecule has 0 radical (unpaired) electrons. The van der Waals surface area contributed by atoms with E-state index in [-0.39, 0.29) is 16.9 Å². The van der Waals surface area contributed by atoms with Gasteiger partial charge in [-0.3, -0.25) is 20.0 Å². The highest BCUT2D eigenvalue weighted by Crippen LogP contribution is 2.25. The summed E-state index contributed by atoms with van der Waals surface area (Å²) >= 11 is 1.34. The normalized spacial score (nSPS) is 11.2. The summed E-state index contributed by atoms with van der Waals surface area (Å²) in [5.41, 5.74) is 2.42. The van der Waals surface area contributed by atoms with Gasteiger partial charge in [-0.1, -0.05) is 30.3 Å². The van der Waals surface area contributed by atoms with E-state index in [2.05, 4.69) is 20.3 Å². The van der Waals surface area contributed by atoms with Crippen molar-refractivity contribution in [3.63, 3.8) is 0 Å². The largest absolute Gasteiger partial charge is 0.301 e. The Morgan fingerprint density at radius 1 is 1.10 bits per heavy atom. The van der Waals surface area contributed by atoms with E-state index in [1.807, 2.05) is 35.7 Å². The lowest BCUT2D eigenvalue weighted by Gasteiger charge is -1.95. The average Bonchev–Trinajstić information content (AvgIpc) is 3.32. The molecule has 0 aliphatic heterocycles. The van der Waals surface area contributed by atoms with Gasteiger partial charge in [0.2, 0.25) is 5.13 Å². The molecule has 0 spiro atoms. The molecule has 0 amide bonds. The van der Waals surface area contributed by atoms with E-state index in [0.717, 1.165) is 11.3 Å². The molecule has 29 heavy (non-hydrogen) atoms. The van der Waals surface area contributed by atoms with Crippen LogP contribution >= 0.6 is 11.3 Å². The summed E-state index contributed by atoms with van der Waals surface area (Å²) in [7, 11) is 0. The lowest BCUT2D eigenvalue weighted by atomic mass is 10.2. The number of nitro groups is 1. The maximum absolute atomic E-state index is 12.8. The zero-order valence-electron chi connectivity index (χ0n) is 15.1. The van der Waals surface area contributed by atoms with Gasteiger partial charge in [0, 0.05) is 23.1 Å². The second kappa shape index (κ2) is 7.60. The Morgan fingerprint density at radius 2 is 1.83 bits per heavy atom. The lowest BCUT2D eigenvalue weighted by molar-refractivity contribution is -0.384. The predicted octanol–water partition coefficient (Wildman–Crippen LogP) is 4.92. The number of azo groups is 1. The van der Waals surface area contributed by atoms with Gasteiger partial charge in [0.1, 0.15) is 0 Å². The Labute approximate surface area is 168 Å². The molecule has 0 aliphatic rings. The number of aryl methyl sites for hydroxylation is 1. The number of aromatic amines is 1. The molecule has 2 heterocycles. The minimum absolute atomic E-state index is 0.0397. The second-order valence-corrected chi connectivity index (χ2v) is 6.92. The van der Waals surface area contributed by atoms with Crippen molar-refractivity contribution >= 4 is 28.4 Å². The number of hydrogen-bond donors (Lipinski definition) is 1. The number of nitrogens with one attached hydrogen (secondary N) is 1. The SMILES string of the molecule is Cc1[nH]n(-c2nc(-c3ccccc3)cs2)c(=O)c1N=Nc1ccc([N+](=O)[O-])cc1. The van der Waals surface area contributed by atoms with Crippen LogP contribution in [-0.2, 0) is 0 Å². The first kappa shape index (κ1) is 18.4. The summed E-state index contributed by atoms with van der Waals surface area (Å²) in [5.74, 6) is 0. The number of hydrogen-bond acceptors (Lipinski definition) is 7. The number of non-ortho nitro benzene ring substituents is 1. The standard InChI is InChI=1S/C19H14N6O3S/c1-12-17(22-21-14-7-9-15(10-8-14)25(27)28)18(26)24(23-12)19-20-16(11-29-19)13-5-3-2-4-6-13/h2-11,23H,1H3. The second-order valence-electron chi connectivity index (χ2n) is 6.08. The Balaban J connectivity index is 1.62. The molecule has 144 valence electrons. The zero-order valence-corrected chi connectivity index (χ0v) is 16.0. The smallest absolute Gasteiger partial charge is 0.291 e. The number of benzene rings is 2. The van der Waals surface area contributed by atoms with Gasteiger partial charge in [0.05, 0.1) is 22.0 Å². The Kier molecular flexibility index (Phi) is 4.83. The minimum atomic E-state index is -0.492. The highest BCUT2D eigenvalue weighted by molar-refractivity contribution is 7.12. The number of rotatable bonds is 5. The van der Waals surface area contributed by atoms with Crippen LogP contribution in [0.1, 0.15) is 5.69 Å². The highest BCUT2D eigenvalue weighted by Gasteiger charge is 2.15. The molecule has 2 aromatic carbocycles. The molecule has 0 unspecified atom stereocenters. The molecule has 0 atom stereocenters. The molecule has 1 N–H and O–H groups in total. The number of aromatic nitrogens is 3. The number of nitrogens with zero attached hydrogens (tertiary/aromatic N) is 5. The van der Waals surface area contributed by atoms with E-state index in [1.165, 1.54) is 40.3 Å². The van der Waals surface area contributed by atoms with Crippen molar-refractivity contribution in [2.75, 3.05) is 0 Å². The van der Waals surface area contributed by atoms with Crippen LogP contribution in [-0.4, -0.2) is 19.7 Å². The summed E-state index contributed by atoms with van der Waals surface area (Å²) in [4.78, 5) is 27.5. The fourth-order valence-corrected chi connectivity index (χ4v) is 3.44. The molecule has 0 saturated carbocycles. The van der Waals surface area contributed by atoms with E-state index in [0.29, 0.717) is 16.5 Å². The van der Waals surface area contributed by atoms with Gasteiger partial charge in [-0.05, 0) is 19.1 Å². The monoisotopic (exact) mass is 406 g/mol. The molecule has 0 bridgehead atoms. The van der Waals surface area contributed by atoms with E-state index in [1.54, 1.807) is 6.92 Å². The fraction of sp³-hybridized carbons (Fsp3) is 0.0526. The first-order chi connectivity index (χ1) is 14.0. The average molecular weight is 406 g/mol. The topological polar surface area (TPSA) is 119 Å². The Hall–Kier alpha value is -3.92. The third-order valence-electron chi connectivity index (χ3n) is 4.12. The maximum Gasteiger partial charge on any atom is 0.301 e. The van der Waals surface area contributed by atoms with Crippen molar-refractivity contribution in [2.24, 2.45) is 10.2 Å². The summed E-state index contributed by atoms with van der Waals surface area (Å²) in [6.07, 6.45) is 0. The molecule has 10 heteroatoms. The molecule has 0 aliphatic carbocycles. The van der Waals surface area contributed by atoms with Gasteiger partial charge < -0.3 is 0 Å². The summed E-state index contributed by atoms with van der Waals surface area (Å²) < 4.78 is 1.33. The van der Waals surface area contributed by atoms with Crippen LogP contribution < -0.4 is 5.56 Å². The predicted molar refractivity (Wildman–Crippen MR) is 110 cm³/mol. The number of H-pyrrole nitrogens is 1. The fourth-order valence-electron chi connectivity index (χ4n) is 2.65. The summed E-state index contributed by atoms with van der Waals surface area (Å²) in [6, 6.07) is 15.3. The van der Waals surface area contributed by atoms with Gasteiger partial charge in [0.25, 0.3) is 5.69 Å². The van der Waals surface area contributed by atoms with Crippen molar-refractivity contribution in [3.8, 4) is 16.4 Å². The third-order valence-corrected chi connectivity index (χ3v) is 4.95. The van der Waals surface area contributed by atoms with Crippen molar-refractivity contribution < 1.29 is 4.92 Å². The molecular weight excluding hydrogens is 392 g/mol. The first-order valence-electron chi connectivity index (χ1n) is 8.52. The van der Waals surface area contributed by atoms with Crippen LogP contribution in [0.4, 0.5) is 17.1 Å². The summed E-state index contributed by atoms with van der Waals surface area (Å²) in [5, 5.41) is 24.1. The lowest BCUT2D eigenvalue weighted by Crippen LogP contribution is -2.13. The molecule has 0 fully saturated rings. The summed E-state index contributed by atoms with van der Waals surface area (Å²) in [6.45, 7) is 1.72. The van der Waals surface area contributed by atoms with E-state index in [4.69, 9.17) is 0 Å². The highest BCUT2D eigenvalue weighted by atomic mass is 32.1. The quantitative estimate of drug-likeness (QED) is 0.287. The van der Waals surface area contributed by atoms with Crippen molar-refractivity contribution in [2.45, 2.75) is 6.92 Å². The van der Waals surface area contributed by atoms with Gasteiger partial charge in [-0.15, -0.1) is 16.5 Å². The molecule has 9 nitrogen and oxygen atoms in total. The van der Waals surface area contributed by atoms with E-state index >= 15 is 0 Å². The molecule has 4 rings (SSSR count). The van der Waals surface area contributed by atoms with Gasteiger partial charge in [-0.25, -0.2) is 4.98 Å². The number of nitro benzene ring substituents is 1. The van der Waals surface area contributed by atoms with Crippen LogP contribution in [0.2, 0.25) is 0 Å². The van der Waals surface area contributed by atoms with Crippen molar-refractivity contribution in [3.05, 3.63) is 86.1 Å². The Bertz CT molecular complexity index is 1260. The maximum atomic E-state index is 12.8. The van der Waals surface area contributed by atoms with E-state index in [9.17, 15) is 14.9 Å².